The van der Waals surface area contributed by atoms with Gasteiger partial charge in [0.2, 0.25) is 0 Å². The number of aromatic hydroxyl groups is 2. The first-order chi connectivity index (χ1) is 9.65. The second-order valence-corrected chi connectivity index (χ2v) is 4.76. The predicted molar refractivity (Wildman–Crippen MR) is 90.3 cm³/mol. The van der Waals surface area contributed by atoms with Crippen molar-refractivity contribution >= 4 is 11.1 Å². The summed E-state index contributed by atoms with van der Waals surface area (Å²) in [6.07, 6.45) is 1.85. The maximum absolute atomic E-state index is 9.41. The second kappa shape index (κ2) is 7.53. The number of rotatable bonds is 4. The zero-order valence-electron chi connectivity index (χ0n) is 11.9. The molecule has 0 aliphatic heterocycles. The van der Waals surface area contributed by atoms with Gasteiger partial charge in [-0.1, -0.05) is 45.5 Å². The molecule has 2 nitrogen and oxygen atoms in total. The van der Waals surface area contributed by atoms with Gasteiger partial charge in [-0.05, 0) is 59.4 Å². The van der Waals surface area contributed by atoms with E-state index in [2.05, 4.69) is 13.8 Å². The zero-order valence-corrected chi connectivity index (χ0v) is 11.9. The van der Waals surface area contributed by atoms with Crippen molar-refractivity contribution in [3.63, 3.8) is 0 Å². The summed E-state index contributed by atoms with van der Waals surface area (Å²) in [6.45, 7) is 4.27. The summed E-state index contributed by atoms with van der Waals surface area (Å²) in [7, 11) is 0. The zero-order chi connectivity index (χ0) is 14.5. The lowest BCUT2D eigenvalue weighted by molar-refractivity contribution is 0.474. The standard InChI is InChI=1S/C18H20O2.CH4/c1-3-17(13-5-9-15(19)10-6-13)18(4-2)14-7-11-16(20)12-8-14;/h5-12,19-20H,3-4H2,1-2H3;1H4/b18-17+;. The first-order valence-corrected chi connectivity index (χ1v) is 6.96. The Hall–Kier alpha value is -2.22. The molecule has 0 radical (unpaired) electrons. The summed E-state index contributed by atoms with van der Waals surface area (Å²) in [6, 6.07) is 14.7. The van der Waals surface area contributed by atoms with E-state index in [-0.39, 0.29) is 18.9 Å². The number of phenols is 2. The molecule has 0 amide bonds. The Labute approximate surface area is 127 Å². The van der Waals surface area contributed by atoms with Crippen LogP contribution in [0.2, 0.25) is 0 Å². The molecule has 0 aliphatic rings. The van der Waals surface area contributed by atoms with Gasteiger partial charge in [0.25, 0.3) is 0 Å². The minimum absolute atomic E-state index is 0. The van der Waals surface area contributed by atoms with Crippen LogP contribution in [0.5, 0.6) is 11.5 Å². The van der Waals surface area contributed by atoms with Gasteiger partial charge in [0, 0.05) is 0 Å². The Bertz CT molecular complexity index is 537. The fourth-order valence-corrected chi connectivity index (χ4v) is 2.51. The van der Waals surface area contributed by atoms with Crippen molar-refractivity contribution in [2.24, 2.45) is 0 Å². The van der Waals surface area contributed by atoms with Crippen LogP contribution in [0.1, 0.15) is 45.2 Å². The van der Waals surface area contributed by atoms with Gasteiger partial charge in [-0.25, -0.2) is 0 Å². The van der Waals surface area contributed by atoms with Gasteiger partial charge >= 0.3 is 0 Å². The first-order valence-electron chi connectivity index (χ1n) is 6.96. The summed E-state index contributed by atoms with van der Waals surface area (Å²) in [4.78, 5) is 0. The quantitative estimate of drug-likeness (QED) is 0.731. The maximum Gasteiger partial charge on any atom is 0.115 e. The van der Waals surface area contributed by atoms with E-state index in [4.69, 9.17) is 0 Å². The third-order valence-corrected chi connectivity index (χ3v) is 3.50. The Morgan fingerprint density at radius 2 is 0.952 bits per heavy atom. The summed E-state index contributed by atoms with van der Waals surface area (Å²) in [5.41, 5.74) is 4.82. The fourth-order valence-electron chi connectivity index (χ4n) is 2.51. The van der Waals surface area contributed by atoms with Gasteiger partial charge in [0.1, 0.15) is 11.5 Å². The van der Waals surface area contributed by atoms with Crippen LogP contribution in [-0.4, -0.2) is 10.2 Å². The summed E-state index contributed by atoms with van der Waals surface area (Å²) < 4.78 is 0. The predicted octanol–water partition coefficient (Wildman–Crippen LogP) is 5.46. The van der Waals surface area contributed by atoms with E-state index in [1.807, 2.05) is 24.3 Å². The lowest BCUT2D eigenvalue weighted by atomic mass is 9.91. The molecule has 21 heavy (non-hydrogen) atoms. The van der Waals surface area contributed by atoms with E-state index in [1.54, 1.807) is 24.3 Å². The van der Waals surface area contributed by atoms with Crippen molar-refractivity contribution in [1.82, 2.24) is 0 Å². The summed E-state index contributed by atoms with van der Waals surface area (Å²) in [5.74, 6) is 0.568. The summed E-state index contributed by atoms with van der Waals surface area (Å²) >= 11 is 0. The van der Waals surface area contributed by atoms with E-state index >= 15 is 0 Å². The number of hydrogen-bond acceptors (Lipinski definition) is 2. The molecular formula is C19H24O2. The molecule has 0 unspecified atom stereocenters. The highest BCUT2D eigenvalue weighted by molar-refractivity contribution is 5.90. The molecule has 0 heterocycles. The van der Waals surface area contributed by atoms with Crippen LogP contribution in [0.4, 0.5) is 0 Å². The molecule has 2 N–H and O–H groups in total. The monoisotopic (exact) mass is 284 g/mol. The highest BCUT2D eigenvalue weighted by Gasteiger charge is 2.09. The summed E-state index contributed by atoms with van der Waals surface area (Å²) in [5, 5.41) is 18.8. The molecule has 2 rings (SSSR count). The Balaban J connectivity index is 0.00000220. The van der Waals surface area contributed by atoms with E-state index in [9.17, 15) is 10.2 Å². The van der Waals surface area contributed by atoms with Crippen LogP contribution in [0, 0.1) is 0 Å². The molecule has 0 saturated carbocycles. The van der Waals surface area contributed by atoms with E-state index in [0.29, 0.717) is 0 Å². The van der Waals surface area contributed by atoms with Crippen LogP contribution >= 0.6 is 0 Å². The largest absolute Gasteiger partial charge is 0.508 e. The van der Waals surface area contributed by atoms with Crippen LogP contribution in [0.3, 0.4) is 0 Å². The van der Waals surface area contributed by atoms with Gasteiger partial charge in [-0.2, -0.15) is 0 Å². The van der Waals surface area contributed by atoms with Gasteiger partial charge in [0.15, 0.2) is 0 Å². The van der Waals surface area contributed by atoms with Crippen molar-refractivity contribution in [3.8, 4) is 11.5 Å². The van der Waals surface area contributed by atoms with Gasteiger partial charge in [-0.15, -0.1) is 0 Å². The van der Waals surface area contributed by atoms with Crippen molar-refractivity contribution in [2.75, 3.05) is 0 Å². The average molecular weight is 284 g/mol. The molecule has 0 atom stereocenters. The molecule has 0 aromatic heterocycles. The molecule has 2 heteroatoms. The third-order valence-electron chi connectivity index (χ3n) is 3.50. The topological polar surface area (TPSA) is 40.5 Å². The molecule has 2 aromatic carbocycles. The SMILES string of the molecule is C.CC/C(=C(/CC)c1ccc(O)cc1)c1ccc(O)cc1. The van der Waals surface area contributed by atoms with Crippen LogP contribution in [-0.2, 0) is 0 Å². The van der Waals surface area contributed by atoms with Crippen molar-refractivity contribution in [1.29, 1.82) is 0 Å². The molecular weight excluding hydrogens is 260 g/mol. The maximum atomic E-state index is 9.41. The molecule has 112 valence electrons. The second-order valence-electron chi connectivity index (χ2n) is 4.76. The molecule has 0 aliphatic carbocycles. The van der Waals surface area contributed by atoms with Gasteiger partial charge < -0.3 is 10.2 Å². The third kappa shape index (κ3) is 3.88. The van der Waals surface area contributed by atoms with Crippen LogP contribution in [0.15, 0.2) is 48.5 Å². The molecule has 0 spiro atoms. The number of benzene rings is 2. The highest BCUT2D eigenvalue weighted by atomic mass is 16.3. The molecule has 0 bridgehead atoms. The number of allylic oxidation sites excluding steroid dienone is 2. The van der Waals surface area contributed by atoms with E-state index < -0.39 is 0 Å². The van der Waals surface area contributed by atoms with E-state index in [1.165, 1.54) is 11.1 Å². The molecule has 0 fully saturated rings. The lowest BCUT2D eigenvalue weighted by Crippen LogP contribution is -1.91. The molecule has 2 aromatic rings. The Morgan fingerprint density at radius 3 is 1.19 bits per heavy atom. The Kier molecular flexibility index (Phi) is 6.04. The number of hydrogen-bond donors (Lipinski definition) is 2. The van der Waals surface area contributed by atoms with Crippen molar-refractivity contribution in [2.45, 2.75) is 34.1 Å². The van der Waals surface area contributed by atoms with Crippen LogP contribution < -0.4 is 0 Å². The lowest BCUT2D eigenvalue weighted by Gasteiger charge is -2.14. The van der Waals surface area contributed by atoms with E-state index in [0.717, 1.165) is 24.0 Å². The van der Waals surface area contributed by atoms with Crippen LogP contribution in [0.25, 0.3) is 11.1 Å². The fraction of sp³-hybridized carbons (Fsp3) is 0.263. The van der Waals surface area contributed by atoms with Crippen molar-refractivity contribution < 1.29 is 10.2 Å². The minimum atomic E-state index is 0. The highest BCUT2D eigenvalue weighted by Crippen LogP contribution is 2.32. The first kappa shape index (κ1) is 16.8. The smallest absolute Gasteiger partial charge is 0.115 e. The normalized spacial score (nSPS) is 11.5. The average Bonchev–Trinajstić information content (AvgIpc) is 2.47. The minimum Gasteiger partial charge on any atom is -0.508 e. The molecule has 0 saturated heterocycles. The van der Waals surface area contributed by atoms with Gasteiger partial charge in [0.05, 0.1) is 0 Å². The van der Waals surface area contributed by atoms with Gasteiger partial charge in [-0.3, -0.25) is 0 Å². The number of phenolic OH excluding ortho intramolecular Hbond substituents is 2. The Morgan fingerprint density at radius 1 is 0.667 bits per heavy atom. The van der Waals surface area contributed by atoms with Crippen molar-refractivity contribution in [3.05, 3.63) is 59.7 Å².